The number of aryl methyl sites for hydroxylation is 1. The van der Waals surface area contributed by atoms with Crippen LogP contribution in [0.25, 0.3) is 0 Å². The van der Waals surface area contributed by atoms with E-state index in [2.05, 4.69) is 72.2 Å². The monoisotopic (exact) mass is 386 g/mol. The lowest BCUT2D eigenvalue weighted by molar-refractivity contribution is 0.308. The van der Waals surface area contributed by atoms with Crippen LogP contribution >= 0.6 is 0 Å². The minimum absolute atomic E-state index is 0.738. The van der Waals surface area contributed by atoms with Crippen LogP contribution in [0.2, 0.25) is 0 Å². The van der Waals surface area contributed by atoms with Gasteiger partial charge in [0.1, 0.15) is 0 Å². The SMILES string of the molecule is C=CCCc1ccc(/C=N/N=C/c2ccc(C3CCC(CCC)CC3)cc2)cc1. The Morgan fingerprint density at radius 1 is 0.862 bits per heavy atom. The Balaban J connectivity index is 1.48. The molecular formula is C27H34N2. The number of nitrogens with zero attached hydrogens (tertiary/aromatic N) is 2. The van der Waals surface area contributed by atoms with Crippen molar-refractivity contribution in [2.75, 3.05) is 0 Å². The Hall–Kier alpha value is -2.48. The van der Waals surface area contributed by atoms with Crippen LogP contribution in [0.5, 0.6) is 0 Å². The Kier molecular flexibility index (Phi) is 8.42. The zero-order valence-corrected chi connectivity index (χ0v) is 17.8. The van der Waals surface area contributed by atoms with Crippen molar-refractivity contribution in [3.8, 4) is 0 Å². The summed E-state index contributed by atoms with van der Waals surface area (Å²) in [6.45, 7) is 6.07. The normalized spacial score (nSPS) is 19.8. The highest BCUT2D eigenvalue weighted by Gasteiger charge is 2.21. The molecule has 1 aliphatic rings. The molecule has 0 unspecified atom stereocenters. The van der Waals surface area contributed by atoms with Crippen molar-refractivity contribution in [2.45, 2.75) is 64.2 Å². The topological polar surface area (TPSA) is 24.7 Å². The van der Waals surface area contributed by atoms with Gasteiger partial charge in [-0.05, 0) is 72.6 Å². The molecule has 3 rings (SSSR count). The number of hydrogen-bond acceptors (Lipinski definition) is 2. The lowest BCUT2D eigenvalue weighted by Crippen LogP contribution is -2.13. The molecule has 0 amide bonds. The highest BCUT2D eigenvalue weighted by Crippen LogP contribution is 2.37. The van der Waals surface area contributed by atoms with E-state index in [9.17, 15) is 0 Å². The van der Waals surface area contributed by atoms with Gasteiger partial charge in [0.15, 0.2) is 0 Å². The molecule has 0 spiro atoms. The predicted octanol–water partition coefficient (Wildman–Crippen LogP) is 7.33. The second-order valence-electron chi connectivity index (χ2n) is 8.23. The summed E-state index contributed by atoms with van der Waals surface area (Å²) in [6, 6.07) is 17.3. The minimum Gasteiger partial charge on any atom is -0.159 e. The van der Waals surface area contributed by atoms with Gasteiger partial charge in [-0.3, -0.25) is 0 Å². The summed E-state index contributed by atoms with van der Waals surface area (Å²) in [6.07, 6.45) is 15.8. The Labute approximate surface area is 176 Å². The van der Waals surface area contributed by atoms with Crippen LogP contribution in [0.15, 0.2) is 71.4 Å². The van der Waals surface area contributed by atoms with Crippen LogP contribution < -0.4 is 0 Å². The molecule has 0 saturated heterocycles. The van der Waals surface area contributed by atoms with Crippen molar-refractivity contribution in [1.29, 1.82) is 0 Å². The first-order chi connectivity index (χ1) is 14.3. The highest BCUT2D eigenvalue weighted by atomic mass is 15.2. The first kappa shape index (κ1) is 21.2. The van der Waals surface area contributed by atoms with Gasteiger partial charge >= 0.3 is 0 Å². The van der Waals surface area contributed by atoms with E-state index in [-0.39, 0.29) is 0 Å². The van der Waals surface area contributed by atoms with Crippen molar-refractivity contribution in [3.05, 3.63) is 83.4 Å². The van der Waals surface area contributed by atoms with Crippen molar-refractivity contribution in [1.82, 2.24) is 0 Å². The summed E-state index contributed by atoms with van der Waals surface area (Å²) < 4.78 is 0. The average Bonchev–Trinajstić information content (AvgIpc) is 2.77. The third-order valence-electron chi connectivity index (χ3n) is 6.05. The molecule has 0 aromatic heterocycles. The molecule has 2 aromatic carbocycles. The zero-order chi connectivity index (χ0) is 20.3. The molecule has 0 radical (unpaired) electrons. The molecule has 0 bridgehead atoms. The molecule has 1 fully saturated rings. The van der Waals surface area contributed by atoms with Crippen LogP contribution in [0, 0.1) is 5.92 Å². The Morgan fingerprint density at radius 2 is 1.45 bits per heavy atom. The molecule has 152 valence electrons. The molecule has 2 nitrogen and oxygen atoms in total. The Bertz CT molecular complexity index is 791. The van der Waals surface area contributed by atoms with Gasteiger partial charge in [-0.2, -0.15) is 10.2 Å². The molecule has 0 N–H and O–H groups in total. The number of rotatable bonds is 9. The summed E-state index contributed by atoms with van der Waals surface area (Å²) in [4.78, 5) is 0. The van der Waals surface area contributed by atoms with Gasteiger partial charge in [-0.15, -0.1) is 6.58 Å². The summed E-state index contributed by atoms with van der Waals surface area (Å²) in [7, 11) is 0. The third-order valence-corrected chi connectivity index (χ3v) is 6.05. The van der Waals surface area contributed by atoms with E-state index in [4.69, 9.17) is 0 Å². The van der Waals surface area contributed by atoms with Crippen LogP contribution in [0.3, 0.4) is 0 Å². The number of hydrogen-bond donors (Lipinski definition) is 0. The second kappa shape index (κ2) is 11.5. The molecule has 2 aromatic rings. The smallest absolute Gasteiger partial charge is 0.0568 e. The van der Waals surface area contributed by atoms with Gasteiger partial charge in [0.2, 0.25) is 0 Å². The largest absolute Gasteiger partial charge is 0.159 e. The van der Waals surface area contributed by atoms with E-state index in [0.717, 1.165) is 35.8 Å². The summed E-state index contributed by atoms with van der Waals surface area (Å²) in [5.74, 6) is 1.70. The molecule has 0 atom stereocenters. The van der Waals surface area contributed by atoms with E-state index in [1.807, 2.05) is 12.3 Å². The molecular weight excluding hydrogens is 352 g/mol. The van der Waals surface area contributed by atoms with Crippen LogP contribution in [-0.2, 0) is 6.42 Å². The van der Waals surface area contributed by atoms with E-state index in [1.165, 1.54) is 49.7 Å². The minimum atomic E-state index is 0.738. The van der Waals surface area contributed by atoms with Gasteiger partial charge in [-0.1, -0.05) is 74.4 Å². The first-order valence-corrected chi connectivity index (χ1v) is 11.1. The molecule has 0 aliphatic heterocycles. The molecule has 0 heterocycles. The molecule has 2 heteroatoms. The van der Waals surface area contributed by atoms with E-state index < -0.39 is 0 Å². The third kappa shape index (κ3) is 6.81. The van der Waals surface area contributed by atoms with Crippen LogP contribution in [-0.4, -0.2) is 12.4 Å². The number of allylic oxidation sites excluding steroid dienone is 1. The zero-order valence-electron chi connectivity index (χ0n) is 17.8. The first-order valence-electron chi connectivity index (χ1n) is 11.1. The summed E-state index contributed by atoms with van der Waals surface area (Å²) in [5, 5.41) is 8.41. The van der Waals surface area contributed by atoms with Gasteiger partial charge in [-0.25, -0.2) is 0 Å². The van der Waals surface area contributed by atoms with E-state index in [1.54, 1.807) is 6.21 Å². The van der Waals surface area contributed by atoms with E-state index in [0.29, 0.717) is 0 Å². The molecule has 29 heavy (non-hydrogen) atoms. The Morgan fingerprint density at radius 3 is 2.00 bits per heavy atom. The van der Waals surface area contributed by atoms with Crippen molar-refractivity contribution in [2.24, 2.45) is 16.1 Å². The maximum absolute atomic E-state index is 4.21. The fourth-order valence-electron chi connectivity index (χ4n) is 4.29. The number of benzene rings is 2. The average molecular weight is 387 g/mol. The van der Waals surface area contributed by atoms with Gasteiger partial charge in [0.25, 0.3) is 0 Å². The lowest BCUT2D eigenvalue weighted by Gasteiger charge is -2.28. The van der Waals surface area contributed by atoms with Crippen LogP contribution in [0.1, 0.15) is 80.0 Å². The van der Waals surface area contributed by atoms with Gasteiger partial charge in [0, 0.05) is 0 Å². The fourth-order valence-corrected chi connectivity index (χ4v) is 4.29. The second-order valence-corrected chi connectivity index (χ2v) is 8.23. The van der Waals surface area contributed by atoms with Crippen LogP contribution in [0.4, 0.5) is 0 Å². The molecule has 1 aliphatic carbocycles. The maximum atomic E-state index is 4.21. The fraction of sp³-hybridized carbons (Fsp3) is 0.407. The summed E-state index contributed by atoms with van der Waals surface area (Å²) >= 11 is 0. The predicted molar refractivity (Wildman–Crippen MR) is 126 cm³/mol. The maximum Gasteiger partial charge on any atom is 0.0568 e. The van der Waals surface area contributed by atoms with Gasteiger partial charge < -0.3 is 0 Å². The highest BCUT2D eigenvalue weighted by molar-refractivity contribution is 5.82. The summed E-state index contributed by atoms with van der Waals surface area (Å²) in [5.41, 5.74) is 4.98. The molecule has 1 saturated carbocycles. The standard InChI is InChI=1S/C27H34N2/c1-3-5-7-23-8-10-24(11-9-23)20-28-29-21-25-14-18-27(19-15-25)26-16-12-22(6-4-2)13-17-26/h3,8-11,14-15,18-22,26H,1,4-7,12-13,16-17H2,2H3/b28-20+,29-21+. The van der Waals surface area contributed by atoms with Crippen molar-refractivity contribution in [3.63, 3.8) is 0 Å². The van der Waals surface area contributed by atoms with Crippen molar-refractivity contribution >= 4 is 12.4 Å². The van der Waals surface area contributed by atoms with Gasteiger partial charge in [0.05, 0.1) is 12.4 Å². The quantitative estimate of drug-likeness (QED) is 0.245. The lowest BCUT2D eigenvalue weighted by atomic mass is 9.77. The van der Waals surface area contributed by atoms with Crippen molar-refractivity contribution < 1.29 is 0 Å². The van der Waals surface area contributed by atoms with E-state index >= 15 is 0 Å².